The first-order chi connectivity index (χ1) is 15.9. The third-order valence-corrected chi connectivity index (χ3v) is 5.44. The number of hydrogen-bond acceptors (Lipinski definition) is 6. The van der Waals surface area contributed by atoms with Gasteiger partial charge in [0.2, 0.25) is 11.8 Å². The van der Waals surface area contributed by atoms with Crippen LogP contribution in [0.4, 0.5) is 11.6 Å². The van der Waals surface area contributed by atoms with Crippen LogP contribution in [0.5, 0.6) is 0 Å². The largest absolute Gasteiger partial charge is 0.480 e. The van der Waals surface area contributed by atoms with E-state index in [1.54, 1.807) is 18.7 Å². The maximum atomic E-state index is 11.9. The van der Waals surface area contributed by atoms with E-state index in [4.69, 9.17) is 4.42 Å². The summed E-state index contributed by atoms with van der Waals surface area (Å²) >= 11 is 0. The van der Waals surface area contributed by atoms with Gasteiger partial charge < -0.3 is 25.1 Å². The van der Waals surface area contributed by atoms with Gasteiger partial charge in [0.1, 0.15) is 18.0 Å². The van der Waals surface area contributed by atoms with E-state index in [2.05, 4.69) is 37.7 Å². The van der Waals surface area contributed by atoms with E-state index in [0.29, 0.717) is 24.8 Å². The number of nitrogens with one attached hydrogen (secondary N) is 3. The highest BCUT2D eigenvalue weighted by atomic mass is 16.4. The van der Waals surface area contributed by atoms with Crippen LogP contribution in [-0.4, -0.2) is 32.1 Å². The SMILES string of the molecule is Cc1cc(C)c(NC(Cc2ccc(-c3coc(CNc4ncc[nH]4)n3)cc2)C(=O)O)c(C)c1. The van der Waals surface area contributed by atoms with Gasteiger partial charge in [-0.25, -0.2) is 14.8 Å². The lowest BCUT2D eigenvalue weighted by molar-refractivity contribution is -0.137. The molecule has 4 N–H and O–H groups in total. The van der Waals surface area contributed by atoms with Gasteiger partial charge in [0.25, 0.3) is 0 Å². The molecule has 0 spiro atoms. The Bertz CT molecular complexity index is 1210. The van der Waals surface area contributed by atoms with Gasteiger partial charge in [-0.15, -0.1) is 0 Å². The minimum Gasteiger partial charge on any atom is -0.480 e. The summed E-state index contributed by atoms with van der Waals surface area (Å²) in [6.45, 7) is 6.43. The number of aliphatic carboxylic acids is 1. The van der Waals surface area contributed by atoms with Crippen LogP contribution in [0.25, 0.3) is 11.3 Å². The standard InChI is InChI=1S/C25H27N5O3/c1-15-10-16(2)23(17(3)11-15)30-20(24(31)32)12-18-4-6-19(7-5-18)21-14-33-22(29-21)13-28-25-26-8-9-27-25/h4-11,14,20,30H,12-13H2,1-3H3,(H,31,32)(H2,26,27,28). The second-order valence-electron chi connectivity index (χ2n) is 8.13. The van der Waals surface area contributed by atoms with Crippen LogP contribution in [0.3, 0.4) is 0 Å². The first-order valence-corrected chi connectivity index (χ1v) is 10.7. The molecule has 33 heavy (non-hydrogen) atoms. The fourth-order valence-corrected chi connectivity index (χ4v) is 3.88. The Labute approximate surface area is 192 Å². The predicted octanol–water partition coefficient (Wildman–Crippen LogP) is 4.71. The molecule has 1 atom stereocenters. The Kier molecular flexibility index (Phi) is 6.44. The number of anilines is 2. The molecule has 4 rings (SSSR count). The maximum absolute atomic E-state index is 11.9. The zero-order valence-electron chi connectivity index (χ0n) is 18.8. The lowest BCUT2D eigenvalue weighted by Gasteiger charge is -2.20. The highest BCUT2D eigenvalue weighted by Crippen LogP contribution is 2.24. The van der Waals surface area contributed by atoms with Crippen LogP contribution in [0.2, 0.25) is 0 Å². The van der Waals surface area contributed by atoms with Crippen molar-refractivity contribution >= 4 is 17.6 Å². The van der Waals surface area contributed by atoms with Gasteiger partial charge in [-0.1, -0.05) is 42.0 Å². The summed E-state index contributed by atoms with van der Waals surface area (Å²) in [5, 5.41) is 16.1. The maximum Gasteiger partial charge on any atom is 0.326 e. The van der Waals surface area contributed by atoms with E-state index in [1.165, 1.54) is 0 Å². The predicted molar refractivity (Wildman–Crippen MR) is 127 cm³/mol. The number of hydrogen-bond donors (Lipinski definition) is 4. The smallest absolute Gasteiger partial charge is 0.326 e. The molecule has 0 saturated carbocycles. The van der Waals surface area contributed by atoms with Gasteiger partial charge in [-0.05, 0) is 37.5 Å². The number of aromatic amines is 1. The summed E-state index contributed by atoms with van der Waals surface area (Å²) in [6.07, 6.45) is 5.37. The van der Waals surface area contributed by atoms with Gasteiger partial charge in [0, 0.05) is 30.1 Å². The van der Waals surface area contributed by atoms with Crippen molar-refractivity contribution in [2.45, 2.75) is 39.8 Å². The zero-order valence-corrected chi connectivity index (χ0v) is 18.8. The van der Waals surface area contributed by atoms with Crippen molar-refractivity contribution in [3.63, 3.8) is 0 Å². The summed E-state index contributed by atoms with van der Waals surface area (Å²) < 4.78 is 5.54. The van der Waals surface area contributed by atoms with E-state index in [0.717, 1.165) is 39.2 Å². The van der Waals surface area contributed by atoms with Crippen molar-refractivity contribution < 1.29 is 14.3 Å². The van der Waals surface area contributed by atoms with E-state index in [-0.39, 0.29) is 0 Å². The third-order valence-electron chi connectivity index (χ3n) is 5.44. The highest BCUT2D eigenvalue weighted by Gasteiger charge is 2.20. The molecule has 8 nitrogen and oxygen atoms in total. The summed E-state index contributed by atoms with van der Waals surface area (Å²) in [4.78, 5) is 23.5. The number of carboxylic acid groups (broad SMARTS) is 1. The molecule has 0 amide bonds. The normalized spacial score (nSPS) is 11.8. The van der Waals surface area contributed by atoms with Crippen molar-refractivity contribution in [3.8, 4) is 11.3 Å². The van der Waals surface area contributed by atoms with Crippen molar-refractivity contribution in [1.29, 1.82) is 0 Å². The van der Waals surface area contributed by atoms with Gasteiger partial charge in [-0.3, -0.25) is 0 Å². The zero-order chi connectivity index (χ0) is 23.4. The Hall–Kier alpha value is -4.07. The van der Waals surface area contributed by atoms with Crippen LogP contribution in [-0.2, 0) is 17.8 Å². The van der Waals surface area contributed by atoms with E-state index < -0.39 is 12.0 Å². The molecule has 2 aromatic heterocycles. The average Bonchev–Trinajstić information content (AvgIpc) is 3.46. The number of nitrogens with zero attached hydrogens (tertiary/aromatic N) is 2. The first-order valence-electron chi connectivity index (χ1n) is 10.7. The van der Waals surface area contributed by atoms with E-state index in [1.807, 2.05) is 45.0 Å². The number of oxazole rings is 1. The molecule has 0 aliphatic carbocycles. The summed E-state index contributed by atoms with van der Waals surface area (Å²) in [7, 11) is 0. The molecule has 170 valence electrons. The molecular weight excluding hydrogens is 418 g/mol. The van der Waals surface area contributed by atoms with Crippen LogP contribution in [0.15, 0.2) is 59.5 Å². The lowest BCUT2D eigenvalue weighted by atomic mass is 10.0. The monoisotopic (exact) mass is 445 g/mol. The first kappa shape index (κ1) is 22.1. The van der Waals surface area contributed by atoms with E-state index >= 15 is 0 Å². The summed E-state index contributed by atoms with van der Waals surface area (Å²) in [6, 6.07) is 11.1. The second-order valence-corrected chi connectivity index (χ2v) is 8.13. The van der Waals surface area contributed by atoms with Crippen LogP contribution < -0.4 is 10.6 Å². The van der Waals surface area contributed by atoms with Crippen molar-refractivity contribution in [3.05, 3.63) is 83.2 Å². The number of aryl methyl sites for hydroxylation is 3. The topological polar surface area (TPSA) is 116 Å². The molecule has 4 aromatic rings. The minimum atomic E-state index is -0.886. The fraction of sp³-hybridized carbons (Fsp3) is 0.240. The van der Waals surface area contributed by atoms with Crippen molar-refractivity contribution in [1.82, 2.24) is 15.0 Å². The minimum absolute atomic E-state index is 0.361. The molecule has 0 aliphatic heterocycles. The highest BCUT2D eigenvalue weighted by molar-refractivity contribution is 5.79. The molecular formula is C25H27N5O3. The van der Waals surface area contributed by atoms with Gasteiger partial charge in [-0.2, -0.15) is 0 Å². The molecule has 1 unspecified atom stereocenters. The Morgan fingerprint density at radius 3 is 2.52 bits per heavy atom. The number of H-pyrrole nitrogens is 1. The van der Waals surface area contributed by atoms with Gasteiger partial charge >= 0.3 is 5.97 Å². The Balaban J connectivity index is 1.42. The molecule has 2 heterocycles. The average molecular weight is 446 g/mol. The number of aromatic nitrogens is 3. The van der Waals surface area contributed by atoms with Crippen LogP contribution >= 0.6 is 0 Å². The summed E-state index contributed by atoms with van der Waals surface area (Å²) in [5.41, 5.74) is 6.65. The Morgan fingerprint density at radius 1 is 1.15 bits per heavy atom. The van der Waals surface area contributed by atoms with Gasteiger partial charge in [0.15, 0.2) is 0 Å². The lowest BCUT2D eigenvalue weighted by Crippen LogP contribution is -2.32. The van der Waals surface area contributed by atoms with E-state index in [9.17, 15) is 9.90 Å². The molecule has 0 fully saturated rings. The van der Waals surface area contributed by atoms with Gasteiger partial charge in [0.05, 0.1) is 6.54 Å². The second kappa shape index (κ2) is 9.60. The molecule has 0 saturated heterocycles. The number of carbonyl (C=O) groups is 1. The molecule has 0 radical (unpaired) electrons. The number of carboxylic acids is 1. The number of imidazole rings is 1. The Morgan fingerprint density at radius 2 is 1.88 bits per heavy atom. The quantitative estimate of drug-likeness (QED) is 0.295. The third kappa shape index (κ3) is 5.41. The molecule has 0 bridgehead atoms. The fourth-order valence-electron chi connectivity index (χ4n) is 3.88. The van der Waals surface area contributed by atoms with Crippen molar-refractivity contribution in [2.24, 2.45) is 0 Å². The van der Waals surface area contributed by atoms with Crippen LogP contribution in [0, 0.1) is 20.8 Å². The van der Waals surface area contributed by atoms with Crippen LogP contribution in [0.1, 0.15) is 28.1 Å². The molecule has 0 aliphatic rings. The molecule has 2 aromatic carbocycles. The number of rotatable bonds is 9. The number of benzene rings is 2. The molecule has 8 heteroatoms. The summed E-state index contributed by atoms with van der Waals surface area (Å²) in [5.74, 6) is 0.310. The van der Waals surface area contributed by atoms with Crippen molar-refractivity contribution in [2.75, 3.05) is 10.6 Å².